The molecule has 32 heavy (non-hydrogen) atoms. The van der Waals surface area contributed by atoms with E-state index in [1.807, 2.05) is 12.4 Å². The maximum atomic E-state index is 12.3. The Hall–Kier alpha value is -2.93. The minimum atomic E-state index is -0.245. The third kappa shape index (κ3) is 3.86. The van der Waals surface area contributed by atoms with Gasteiger partial charge in [0, 0.05) is 48.5 Å². The fourth-order valence-electron chi connectivity index (χ4n) is 4.97. The van der Waals surface area contributed by atoms with Crippen LogP contribution in [0.15, 0.2) is 48.9 Å². The molecule has 2 aromatic heterocycles. The van der Waals surface area contributed by atoms with E-state index in [2.05, 4.69) is 57.9 Å². The number of alkyl halides is 1. The molecule has 1 unspecified atom stereocenters. The SMILES string of the molecule is C=C(CC)N1CCc2c([nH]c3ccccc23)C1c1ncc(NC2CN(CCCF)C2)cn1. The number of anilines is 1. The molecule has 2 N–H and O–H groups in total. The number of fused-ring (bicyclic) bond motifs is 3. The van der Waals surface area contributed by atoms with Crippen molar-refractivity contribution in [1.82, 2.24) is 24.8 Å². The Labute approximate surface area is 188 Å². The number of rotatable bonds is 8. The highest BCUT2D eigenvalue weighted by atomic mass is 19.1. The molecule has 0 aliphatic carbocycles. The van der Waals surface area contributed by atoms with Gasteiger partial charge in [0.25, 0.3) is 0 Å². The van der Waals surface area contributed by atoms with Crippen molar-refractivity contribution in [1.29, 1.82) is 0 Å². The second-order valence-electron chi connectivity index (χ2n) is 8.80. The molecule has 168 valence electrons. The van der Waals surface area contributed by atoms with Crippen LogP contribution in [-0.2, 0) is 6.42 Å². The van der Waals surface area contributed by atoms with Gasteiger partial charge in [-0.2, -0.15) is 0 Å². The van der Waals surface area contributed by atoms with Crippen molar-refractivity contribution in [3.63, 3.8) is 0 Å². The molecular formula is C25H31FN6. The molecule has 0 radical (unpaired) electrons. The van der Waals surface area contributed by atoms with Crippen LogP contribution < -0.4 is 5.32 Å². The summed E-state index contributed by atoms with van der Waals surface area (Å²) in [6.45, 7) is 9.83. The summed E-state index contributed by atoms with van der Waals surface area (Å²) in [6.07, 6.45) is 6.26. The van der Waals surface area contributed by atoms with Crippen LogP contribution in [0.4, 0.5) is 10.1 Å². The summed E-state index contributed by atoms with van der Waals surface area (Å²) in [4.78, 5) is 17.8. The number of aromatic amines is 1. The zero-order valence-corrected chi connectivity index (χ0v) is 18.6. The largest absolute Gasteiger partial charge is 0.377 e. The standard InChI is InChI=1S/C25H31FN6/c1-3-17(2)32-12-9-21-20-7-4-5-8-22(20)30-23(21)24(32)25-27-13-18(14-28-25)29-19-15-31(16-19)11-6-10-26/h4-5,7-8,13-14,19,24,29-30H,2-3,6,9-12,15-16H2,1H3. The molecule has 0 saturated carbocycles. The van der Waals surface area contributed by atoms with Crippen molar-refractivity contribution in [3.8, 4) is 0 Å². The van der Waals surface area contributed by atoms with Gasteiger partial charge in [0.1, 0.15) is 6.04 Å². The molecular weight excluding hydrogens is 403 g/mol. The summed E-state index contributed by atoms with van der Waals surface area (Å²) in [5.74, 6) is 0.788. The Morgan fingerprint density at radius 3 is 2.78 bits per heavy atom. The molecule has 5 rings (SSSR count). The van der Waals surface area contributed by atoms with Crippen molar-refractivity contribution in [3.05, 3.63) is 66.0 Å². The van der Waals surface area contributed by atoms with Crippen LogP contribution in [0.3, 0.4) is 0 Å². The average molecular weight is 435 g/mol. The van der Waals surface area contributed by atoms with Crippen LogP contribution >= 0.6 is 0 Å². The summed E-state index contributed by atoms with van der Waals surface area (Å²) in [5.41, 5.74) is 5.73. The van der Waals surface area contributed by atoms with E-state index in [0.29, 0.717) is 12.5 Å². The number of hydrogen-bond acceptors (Lipinski definition) is 5. The van der Waals surface area contributed by atoms with Crippen LogP contribution in [0.1, 0.15) is 42.9 Å². The van der Waals surface area contributed by atoms with Gasteiger partial charge in [0.2, 0.25) is 0 Å². The van der Waals surface area contributed by atoms with Gasteiger partial charge in [-0.25, -0.2) is 9.97 Å². The summed E-state index contributed by atoms with van der Waals surface area (Å²) >= 11 is 0. The number of H-pyrrole nitrogens is 1. The number of hydrogen-bond donors (Lipinski definition) is 2. The van der Waals surface area contributed by atoms with Gasteiger partial charge in [0.15, 0.2) is 5.82 Å². The summed E-state index contributed by atoms with van der Waals surface area (Å²) < 4.78 is 12.3. The Balaban J connectivity index is 1.38. The fourth-order valence-corrected chi connectivity index (χ4v) is 4.97. The third-order valence-corrected chi connectivity index (χ3v) is 6.70. The van der Waals surface area contributed by atoms with Gasteiger partial charge in [-0.1, -0.05) is 31.7 Å². The highest BCUT2D eigenvalue weighted by Gasteiger charge is 2.34. The Morgan fingerprint density at radius 1 is 1.25 bits per heavy atom. The number of para-hydroxylation sites is 1. The molecule has 2 aliphatic rings. The lowest BCUT2D eigenvalue weighted by Crippen LogP contribution is -2.54. The minimum absolute atomic E-state index is 0.0625. The maximum Gasteiger partial charge on any atom is 0.156 e. The smallest absolute Gasteiger partial charge is 0.156 e. The molecule has 1 atom stereocenters. The van der Waals surface area contributed by atoms with E-state index >= 15 is 0 Å². The lowest BCUT2D eigenvalue weighted by atomic mass is 9.96. The molecule has 6 nitrogen and oxygen atoms in total. The minimum Gasteiger partial charge on any atom is -0.377 e. The summed E-state index contributed by atoms with van der Waals surface area (Å²) in [5, 5.41) is 4.79. The molecule has 1 fully saturated rings. The zero-order valence-electron chi connectivity index (χ0n) is 18.6. The second-order valence-corrected chi connectivity index (χ2v) is 8.80. The predicted molar refractivity (Wildman–Crippen MR) is 126 cm³/mol. The molecule has 0 spiro atoms. The Kier molecular flexibility index (Phi) is 5.83. The topological polar surface area (TPSA) is 60.1 Å². The van der Waals surface area contributed by atoms with E-state index in [4.69, 9.17) is 9.97 Å². The van der Waals surface area contributed by atoms with Crippen LogP contribution in [0, 0.1) is 0 Å². The number of nitrogens with zero attached hydrogens (tertiary/aromatic N) is 4. The molecule has 0 bridgehead atoms. The highest BCUT2D eigenvalue weighted by Crippen LogP contribution is 2.39. The number of aromatic nitrogens is 3. The number of benzene rings is 1. The van der Waals surface area contributed by atoms with Crippen LogP contribution in [-0.4, -0.2) is 63.6 Å². The van der Waals surface area contributed by atoms with E-state index in [-0.39, 0.29) is 12.7 Å². The van der Waals surface area contributed by atoms with Crippen molar-refractivity contribution in [2.75, 3.05) is 38.2 Å². The molecule has 1 aromatic carbocycles. The van der Waals surface area contributed by atoms with E-state index in [0.717, 1.165) is 61.7 Å². The maximum absolute atomic E-state index is 12.3. The molecule has 4 heterocycles. The van der Waals surface area contributed by atoms with E-state index in [1.165, 1.54) is 16.6 Å². The Morgan fingerprint density at radius 2 is 2.03 bits per heavy atom. The summed E-state index contributed by atoms with van der Waals surface area (Å²) in [7, 11) is 0. The number of halogens is 1. The van der Waals surface area contributed by atoms with Crippen molar-refractivity contribution in [2.24, 2.45) is 0 Å². The Bertz CT molecular complexity index is 1090. The number of allylic oxidation sites excluding steroid dienone is 1. The quantitative estimate of drug-likeness (QED) is 0.554. The third-order valence-electron chi connectivity index (χ3n) is 6.70. The van der Waals surface area contributed by atoms with Crippen LogP contribution in [0.2, 0.25) is 0 Å². The molecule has 3 aromatic rings. The first-order valence-corrected chi connectivity index (χ1v) is 11.6. The second kappa shape index (κ2) is 8.90. The highest BCUT2D eigenvalue weighted by molar-refractivity contribution is 5.85. The lowest BCUT2D eigenvalue weighted by Gasteiger charge is -2.40. The van der Waals surface area contributed by atoms with Gasteiger partial charge < -0.3 is 15.2 Å². The number of likely N-dealkylation sites (tertiary alicyclic amines) is 1. The van der Waals surface area contributed by atoms with E-state index in [1.54, 1.807) is 0 Å². The van der Waals surface area contributed by atoms with Crippen LogP contribution in [0.5, 0.6) is 0 Å². The first-order chi connectivity index (χ1) is 15.7. The molecule has 7 heteroatoms. The lowest BCUT2D eigenvalue weighted by molar-refractivity contribution is 0.155. The molecule has 2 aliphatic heterocycles. The van der Waals surface area contributed by atoms with E-state index < -0.39 is 0 Å². The van der Waals surface area contributed by atoms with Gasteiger partial charge in [-0.3, -0.25) is 9.29 Å². The van der Waals surface area contributed by atoms with Gasteiger partial charge >= 0.3 is 0 Å². The monoisotopic (exact) mass is 434 g/mol. The van der Waals surface area contributed by atoms with Crippen molar-refractivity contribution in [2.45, 2.75) is 38.3 Å². The molecule has 1 saturated heterocycles. The summed E-state index contributed by atoms with van der Waals surface area (Å²) in [6, 6.07) is 8.79. The zero-order chi connectivity index (χ0) is 22.1. The normalized spacial score (nSPS) is 19.1. The van der Waals surface area contributed by atoms with Gasteiger partial charge in [0.05, 0.1) is 30.8 Å². The average Bonchev–Trinajstić information content (AvgIpc) is 3.18. The van der Waals surface area contributed by atoms with Gasteiger partial charge in [-0.05, 0) is 30.9 Å². The first-order valence-electron chi connectivity index (χ1n) is 11.6. The van der Waals surface area contributed by atoms with Crippen molar-refractivity contribution >= 4 is 16.6 Å². The molecule has 0 amide bonds. The number of nitrogens with one attached hydrogen (secondary N) is 2. The van der Waals surface area contributed by atoms with E-state index in [9.17, 15) is 4.39 Å². The van der Waals surface area contributed by atoms with Crippen molar-refractivity contribution < 1.29 is 4.39 Å². The predicted octanol–water partition coefficient (Wildman–Crippen LogP) is 4.28. The van der Waals surface area contributed by atoms with Gasteiger partial charge in [-0.15, -0.1) is 0 Å². The first kappa shape index (κ1) is 20.9. The fraction of sp³-hybridized carbons (Fsp3) is 0.440. The van der Waals surface area contributed by atoms with Crippen LogP contribution in [0.25, 0.3) is 10.9 Å².